The number of hydrogen-bond donors (Lipinski definition) is 2. The van der Waals surface area contributed by atoms with Gasteiger partial charge in [0.05, 0.1) is 0 Å². The Bertz CT molecular complexity index is 2120. The van der Waals surface area contributed by atoms with Gasteiger partial charge in [0.25, 0.3) is 0 Å². The minimum atomic E-state index is -0.886. The van der Waals surface area contributed by atoms with Crippen LogP contribution in [0.5, 0.6) is 0 Å². The zero-order chi connectivity index (χ0) is 30.3. The molecule has 0 aliphatic carbocycles. The molecule has 0 saturated heterocycles. The first-order valence-corrected chi connectivity index (χ1v) is 14.1. The molecular weight excluding hydrogens is 584 g/mol. The Labute approximate surface area is 259 Å². The molecule has 2 N–H and O–H groups in total. The number of rotatable bonds is 6. The van der Waals surface area contributed by atoms with Gasteiger partial charge in [-0.15, -0.1) is 44.2 Å². The Hall–Kier alpha value is -4.20. The third kappa shape index (κ3) is 6.01. The van der Waals surface area contributed by atoms with Crippen LogP contribution in [0.4, 0.5) is 0 Å². The van der Waals surface area contributed by atoms with Gasteiger partial charge in [-0.25, -0.2) is 0 Å². The Morgan fingerprint density at radius 3 is 1.51 bits per heavy atom. The molecule has 1 aliphatic rings. The van der Waals surface area contributed by atoms with Gasteiger partial charge in [0.2, 0.25) is 0 Å². The van der Waals surface area contributed by atoms with Gasteiger partial charge < -0.3 is 30.1 Å². The van der Waals surface area contributed by atoms with Crippen molar-refractivity contribution in [2.24, 2.45) is 0 Å². The molecule has 0 unspecified atom stereocenters. The maximum atomic E-state index is 11.5. The molecule has 5 rings (SSSR count). The van der Waals surface area contributed by atoms with Crippen molar-refractivity contribution in [1.82, 2.24) is 19.9 Å². The van der Waals surface area contributed by atoms with Crippen LogP contribution in [0.1, 0.15) is 82.8 Å². The van der Waals surface area contributed by atoms with E-state index in [1.807, 2.05) is 65.0 Å². The molecule has 0 fully saturated rings. The largest absolute Gasteiger partial charge is 4.00 e. The summed E-state index contributed by atoms with van der Waals surface area (Å²) in [6.45, 7) is 12.0. The molecule has 0 saturated carbocycles. The van der Waals surface area contributed by atoms with Crippen LogP contribution in [0.3, 0.4) is 0 Å². The monoisotopic (exact) mass is 618 g/mol. The minimum Gasteiger partial charge on any atom is -0.657 e. The molecule has 0 radical (unpaired) electrons. The predicted octanol–water partition coefficient (Wildman–Crippen LogP) is 0.0104. The summed E-state index contributed by atoms with van der Waals surface area (Å²) in [6, 6.07) is 0. The molecule has 4 aromatic heterocycles. The zero-order valence-electron chi connectivity index (χ0n) is 25.1. The van der Waals surface area contributed by atoms with Crippen molar-refractivity contribution in [2.75, 3.05) is 0 Å². The number of fused-ring (bicyclic) bond motifs is 8. The first-order chi connectivity index (χ1) is 20.0. The van der Waals surface area contributed by atoms with Crippen molar-refractivity contribution in [3.8, 4) is 0 Å². The molecule has 9 heteroatoms. The van der Waals surface area contributed by atoms with Crippen LogP contribution in [0.15, 0.2) is 0 Å². The van der Waals surface area contributed by atoms with Crippen molar-refractivity contribution in [3.05, 3.63) is 88.0 Å². The Morgan fingerprint density at radius 1 is 0.581 bits per heavy atom. The van der Waals surface area contributed by atoms with Gasteiger partial charge in [-0.2, -0.15) is 0 Å². The molecule has 0 atom stereocenters. The summed E-state index contributed by atoms with van der Waals surface area (Å²) in [5.74, 6) is -1.77. The van der Waals surface area contributed by atoms with Crippen molar-refractivity contribution >= 4 is 48.4 Å². The fourth-order valence-corrected chi connectivity index (χ4v) is 5.83. The van der Waals surface area contributed by atoms with E-state index in [9.17, 15) is 19.8 Å². The van der Waals surface area contributed by atoms with E-state index in [1.54, 1.807) is 0 Å². The molecule has 222 valence electrons. The summed E-state index contributed by atoms with van der Waals surface area (Å²) in [7, 11) is 0. The van der Waals surface area contributed by atoms with Crippen molar-refractivity contribution in [2.45, 2.75) is 67.2 Å². The number of nitrogens with zero attached hydrogens (tertiary/aromatic N) is 4. The minimum absolute atomic E-state index is 0. The van der Waals surface area contributed by atoms with E-state index in [-0.39, 0.29) is 29.9 Å². The first kappa shape index (κ1) is 31.7. The fourth-order valence-electron chi connectivity index (χ4n) is 5.83. The van der Waals surface area contributed by atoms with Crippen LogP contribution in [0.2, 0.25) is 0 Å². The maximum absolute atomic E-state index is 11.5. The van der Waals surface area contributed by atoms with Crippen molar-refractivity contribution in [3.63, 3.8) is 0 Å². The molecule has 4 aromatic rings. The van der Waals surface area contributed by atoms with Crippen LogP contribution in [0.25, 0.3) is 36.5 Å². The third-order valence-electron chi connectivity index (χ3n) is 8.23. The van der Waals surface area contributed by atoms with E-state index in [2.05, 4.69) is 13.0 Å². The molecule has 43 heavy (non-hydrogen) atoms. The molecule has 0 amide bonds. The van der Waals surface area contributed by atoms with Crippen molar-refractivity contribution < 1.29 is 36.9 Å². The van der Waals surface area contributed by atoms with E-state index in [4.69, 9.17) is 19.9 Å². The van der Waals surface area contributed by atoms with Gasteiger partial charge in [0.1, 0.15) is 0 Å². The fraction of sp³-hybridized carbons (Fsp3) is 0.294. The second-order valence-corrected chi connectivity index (χ2v) is 10.8. The van der Waals surface area contributed by atoms with Crippen LogP contribution in [-0.2, 0) is 39.5 Å². The summed E-state index contributed by atoms with van der Waals surface area (Å²) < 4.78 is 0. The summed E-state index contributed by atoms with van der Waals surface area (Å²) in [4.78, 5) is 42.9. The quantitative estimate of drug-likeness (QED) is 0.255. The number of aliphatic carboxylic acids is 2. The Balaban J connectivity index is 0.00000423. The van der Waals surface area contributed by atoms with E-state index in [1.165, 1.54) is 0 Å². The van der Waals surface area contributed by atoms with E-state index >= 15 is 0 Å². The molecule has 8 nitrogen and oxygen atoms in total. The molecule has 5 heterocycles. The van der Waals surface area contributed by atoms with Crippen molar-refractivity contribution in [1.29, 1.82) is 0 Å². The number of hydrogen-bond acceptors (Lipinski definition) is 2. The molecule has 0 spiro atoms. The molecule has 1 aliphatic heterocycles. The van der Waals surface area contributed by atoms with E-state index in [0.717, 1.165) is 76.9 Å². The average Bonchev–Trinajstić information content (AvgIpc) is 3.59. The SMILES string of the molecule is C/C=c1\c(C)c2[n-]c1=Cc1[n-]c(/c(=C/C)c1C)=C\c1[n-]c(c(CCC(=O)O)c1C)/C=c1\[n-]/c(c(C)c1CCC(=O)O)=C\2.[Fe+4]. The number of carboxylic acids is 2. The number of carboxylic acid groups (broad SMARTS) is 2. The Morgan fingerprint density at radius 2 is 1.02 bits per heavy atom. The topological polar surface area (TPSA) is 131 Å². The van der Waals surface area contributed by atoms with E-state index < -0.39 is 11.9 Å². The number of aromatic nitrogens is 4. The second kappa shape index (κ2) is 12.6. The zero-order valence-corrected chi connectivity index (χ0v) is 26.3. The Kier molecular flexibility index (Phi) is 9.28. The van der Waals surface area contributed by atoms with Gasteiger partial charge >= 0.3 is 29.0 Å². The average molecular weight is 619 g/mol. The summed E-state index contributed by atoms with van der Waals surface area (Å²) >= 11 is 0. The smallest absolute Gasteiger partial charge is 0.657 e. The summed E-state index contributed by atoms with van der Waals surface area (Å²) in [5, 5.41) is 23.9. The first-order valence-electron chi connectivity index (χ1n) is 14.1. The van der Waals surface area contributed by atoms with Gasteiger partial charge in [-0.1, -0.05) is 69.8 Å². The molecular formula is C34H34FeN4O4. The van der Waals surface area contributed by atoms with Gasteiger partial charge in [0, 0.05) is 12.8 Å². The maximum Gasteiger partial charge on any atom is 4.00 e. The molecule has 0 aromatic carbocycles. The van der Waals surface area contributed by atoms with Gasteiger partial charge in [-0.3, -0.25) is 9.59 Å². The van der Waals surface area contributed by atoms with Gasteiger partial charge in [-0.05, 0) is 64.8 Å². The standard InChI is InChI=1S/C34H34N4O4.Fe/c1-7-21-17(3)25-13-26-19(5)23(9-11-33(39)40)31(37-26)16-32-24(10-12-34(41)42)20(6)28(38-32)15-30-22(8-2)18(4)27(36-30)14-29(21)35-25;/h7-8,13-16H,9-12H2,1-6H3,(H,39,40)(H,41,42);/q-4;+4/b21-7+,22-8+,26-13-,29-14?,30-15-,31-16-;. The van der Waals surface area contributed by atoms with Crippen LogP contribution < -0.4 is 51.8 Å². The van der Waals surface area contributed by atoms with E-state index in [0.29, 0.717) is 23.9 Å². The van der Waals surface area contributed by atoms with Crippen LogP contribution >= 0.6 is 0 Å². The summed E-state index contributed by atoms with van der Waals surface area (Å²) in [6.07, 6.45) is 12.4. The predicted molar refractivity (Wildman–Crippen MR) is 162 cm³/mol. The third-order valence-corrected chi connectivity index (χ3v) is 8.23. The van der Waals surface area contributed by atoms with Crippen LogP contribution in [-0.4, -0.2) is 22.2 Å². The normalized spacial score (nSPS) is 15.4. The molecule has 8 bridgehead atoms. The number of carbonyl (C=O) groups is 2. The second-order valence-electron chi connectivity index (χ2n) is 10.8. The van der Waals surface area contributed by atoms with Crippen LogP contribution in [0, 0.1) is 27.7 Å². The summed E-state index contributed by atoms with van der Waals surface area (Å²) in [5.41, 5.74) is 8.51. The van der Waals surface area contributed by atoms with Gasteiger partial charge in [0.15, 0.2) is 0 Å².